The van der Waals surface area contributed by atoms with E-state index >= 15 is 0 Å². The molecule has 0 bridgehead atoms. The second kappa shape index (κ2) is 10.1. The Labute approximate surface area is 149 Å². The molecule has 0 aromatic carbocycles. The number of methoxy groups -OCH3 is 1. The highest BCUT2D eigenvalue weighted by atomic mass is 16.5. The minimum Gasteiger partial charge on any atom is -0.500 e. The molecule has 0 aromatic rings. The van der Waals surface area contributed by atoms with Gasteiger partial charge in [0.25, 0.3) is 0 Å². The van der Waals surface area contributed by atoms with Gasteiger partial charge in [0, 0.05) is 38.0 Å². The van der Waals surface area contributed by atoms with Crippen molar-refractivity contribution in [3.05, 3.63) is 23.1 Å². The molecule has 0 unspecified atom stereocenters. The van der Waals surface area contributed by atoms with Crippen molar-refractivity contribution >= 4 is 0 Å². The van der Waals surface area contributed by atoms with Gasteiger partial charge in [-0.3, -0.25) is 9.80 Å². The molecule has 2 aliphatic rings. The molecule has 0 N–H and O–H groups in total. The SMILES string of the molecule is CCCN1CCN(C(/C=C(\CN2CCCCC2)OC)=C(C)C)CC1. The van der Waals surface area contributed by atoms with Gasteiger partial charge in [-0.15, -0.1) is 0 Å². The first kappa shape index (κ1) is 19.3. The maximum atomic E-state index is 5.73. The fourth-order valence-corrected chi connectivity index (χ4v) is 3.74. The van der Waals surface area contributed by atoms with Crippen LogP contribution in [-0.4, -0.2) is 74.2 Å². The third-order valence-electron chi connectivity index (χ3n) is 5.15. The van der Waals surface area contributed by atoms with Gasteiger partial charge in [-0.05, 0) is 52.7 Å². The molecular weight excluding hydrogens is 298 g/mol. The standard InChI is InChI=1S/C20H37N3O/c1-5-9-21-12-14-23(15-13-21)20(18(2)3)16-19(24-4)17-22-10-7-6-8-11-22/h16H,5-15,17H2,1-4H3/b19-16+. The molecular formula is C20H37N3O. The summed E-state index contributed by atoms with van der Waals surface area (Å²) in [4.78, 5) is 7.64. The highest BCUT2D eigenvalue weighted by Crippen LogP contribution is 2.19. The van der Waals surface area contributed by atoms with Gasteiger partial charge in [-0.1, -0.05) is 18.9 Å². The molecule has 0 aromatic heterocycles. The van der Waals surface area contributed by atoms with Crippen molar-refractivity contribution in [1.82, 2.24) is 14.7 Å². The van der Waals surface area contributed by atoms with Crippen LogP contribution in [0.25, 0.3) is 0 Å². The fraction of sp³-hybridized carbons (Fsp3) is 0.800. The summed E-state index contributed by atoms with van der Waals surface area (Å²) in [5, 5.41) is 0. The van der Waals surface area contributed by atoms with Crippen LogP contribution in [0.2, 0.25) is 0 Å². The largest absolute Gasteiger partial charge is 0.500 e. The van der Waals surface area contributed by atoms with E-state index in [9.17, 15) is 0 Å². The van der Waals surface area contributed by atoms with Crippen molar-refractivity contribution in [2.75, 3.05) is 59.5 Å². The highest BCUT2D eigenvalue weighted by Gasteiger charge is 2.19. The van der Waals surface area contributed by atoms with Crippen LogP contribution in [0, 0.1) is 0 Å². The summed E-state index contributed by atoms with van der Waals surface area (Å²) in [5.74, 6) is 1.10. The summed E-state index contributed by atoms with van der Waals surface area (Å²) in [6, 6.07) is 0. The summed E-state index contributed by atoms with van der Waals surface area (Å²) in [6.07, 6.45) is 7.57. The predicted octanol–water partition coefficient (Wildman–Crippen LogP) is 3.32. The molecule has 2 heterocycles. The number of piperazine rings is 1. The van der Waals surface area contributed by atoms with E-state index in [4.69, 9.17) is 4.74 Å². The zero-order valence-electron chi connectivity index (χ0n) is 16.3. The van der Waals surface area contributed by atoms with Crippen molar-refractivity contribution < 1.29 is 4.74 Å². The summed E-state index contributed by atoms with van der Waals surface area (Å²) < 4.78 is 5.73. The van der Waals surface area contributed by atoms with Crippen LogP contribution in [0.3, 0.4) is 0 Å². The zero-order chi connectivity index (χ0) is 17.4. The first-order valence-corrected chi connectivity index (χ1v) is 9.75. The molecule has 2 rings (SSSR count). The van der Waals surface area contributed by atoms with Gasteiger partial charge in [0.1, 0.15) is 5.76 Å². The third kappa shape index (κ3) is 5.82. The van der Waals surface area contributed by atoms with E-state index in [1.165, 1.54) is 69.7 Å². The molecule has 2 saturated heterocycles. The quantitative estimate of drug-likeness (QED) is 0.525. The molecule has 4 nitrogen and oxygen atoms in total. The normalized spacial score (nSPS) is 21.0. The molecule has 2 fully saturated rings. The van der Waals surface area contributed by atoms with Crippen LogP contribution in [0.5, 0.6) is 0 Å². The van der Waals surface area contributed by atoms with Gasteiger partial charge in [0.05, 0.1) is 13.7 Å². The van der Waals surface area contributed by atoms with E-state index in [1.54, 1.807) is 0 Å². The number of ether oxygens (including phenoxy) is 1. The molecule has 0 amide bonds. The van der Waals surface area contributed by atoms with Crippen LogP contribution in [0.4, 0.5) is 0 Å². The van der Waals surface area contributed by atoms with Gasteiger partial charge < -0.3 is 9.64 Å². The van der Waals surface area contributed by atoms with Crippen LogP contribution < -0.4 is 0 Å². The Morgan fingerprint density at radius 1 is 0.917 bits per heavy atom. The topological polar surface area (TPSA) is 19.0 Å². The van der Waals surface area contributed by atoms with Gasteiger partial charge >= 0.3 is 0 Å². The lowest BCUT2D eigenvalue weighted by Gasteiger charge is -2.37. The monoisotopic (exact) mass is 335 g/mol. The number of hydrogen-bond acceptors (Lipinski definition) is 4. The van der Waals surface area contributed by atoms with E-state index in [-0.39, 0.29) is 0 Å². The maximum Gasteiger partial charge on any atom is 0.112 e. The Hall–Kier alpha value is -1.00. The smallest absolute Gasteiger partial charge is 0.112 e. The first-order chi connectivity index (χ1) is 11.6. The second-order valence-corrected chi connectivity index (χ2v) is 7.37. The Balaban J connectivity index is 1.99. The summed E-state index contributed by atoms with van der Waals surface area (Å²) in [7, 11) is 1.82. The van der Waals surface area contributed by atoms with E-state index in [0.717, 1.165) is 25.4 Å². The lowest BCUT2D eigenvalue weighted by atomic mass is 10.1. The molecule has 2 aliphatic heterocycles. The van der Waals surface area contributed by atoms with Crippen molar-refractivity contribution in [2.24, 2.45) is 0 Å². The molecule has 0 saturated carbocycles. The summed E-state index contributed by atoms with van der Waals surface area (Å²) in [6.45, 7) is 15.9. The van der Waals surface area contributed by atoms with Crippen molar-refractivity contribution in [2.45, 2.75) is 46.5 Å². The van der Waals surface area contributed by atoms with E-state index in [1.807, 2.05) is 7.11 Å². The molecule has 0 radical (unpaired) electrons. The summed E-state index contributed by atoms with van der Waals surface area (Å²) in [5.41, 5.74) is 2.74. The minimum atomic E-state index is 0.947. The van der Waals surface area contributed by atoms with E-state index < -0.39 is 0 Å². The Bertz CT molecular complexity index is 426. The van der Waals surface area contributed by atoms with Crippen molar-refractivity contribution in [1.29, 1.82) is 0 Å². The lowest BCUT2D eigenvalue weighted by Crippen LogP contribution is -2.46. The number of hydrogen-bond donors (Lipinski definition) is 0. The Morgan fingerprint density at radius 3 is 2.12 bits per heavy atom. The van der Waals surface area contributed by atoms with Gasteiger partial charge in [0.2, 0.25) is 0 Å². The van der Waals surface area contributed by atoms with Crippen molar-refractivity contribution in [3.8, 4) is 0 Å². The molecule has 0 spiro atoms. The Morgan fingerprint density at radius 2 is 1.58 bits per heavy atom. The van der Waals surface area contributed by atoms with Crippen LogP contribution in [-0.2, 0) is 4.74 Å². The van der Waals surface area contributed by atoms with Crippen molar-refractivity contribution in [3.63, 3.8) is 0 Å². The number of allylic oxidation sites excluding steroid dienone is 2. The third-order valence-corrected chi connectivity index (χ3v) is 5.15. The van der Waals surface area contributed by atoms with Gasteiger partial charge in [-0.25, -0.2) is 0 Å². The zero-order valence-corrected chi connectivity index (χ0v) is 16.3. The average molecular weight is 336 g/mol. The average Bonchev–Trinajstić information content (AvgIpc) is 2.60. The first-order valence-electron chi connectivity index (χ1n) is 9.75. The molecule has 24 heavy (non-hydrogen) atoms. The maximum absolute atomic E-state index is 5.73. The fourth-order valence-electron chi connectivity index (χ4n) is 3.74. The number of nitrogens with zero attached hydrogens (tertiary/aromatic N) is 3. The molecule has 0 aliphatic carbocycles. The van der Waals surface area contributed by atoms with E-state index in [0.29, 0.717) is 0 Å². The lowest BCUT2D eigenvalue weighted by molar-refractivity contribution is 0.159. The molecule has 0 atom stereocenters. The molecule has 4 heteroatoms. The van der Waals surface area contributed by atoms with E-state index in [2.05, 4.69) is 41.5 Å². The molecule has 138 valence electrons. The van der Waals surface area contributed by atoms with Crippen LogP contribution >= 0.6 is 0 Å². The van der Waals surface area contributed by atoms with Crippen LogP contribution in [0.1, 0.15) is 46.5 Å². The second-order valence-electron chi connectivity index (χ2n) is 7.37. The van der Waals surface area contributed by atoms with Gasteiger partial charge in [-0.2, -0.15) is 0 Å². The Kier molecular flexibility index (Phi) is 8.13. The minimum absolute atomic E-state index is 0.947. The van der Waals surface area contributed by atoms with Gasteiger partial charge in [0.15, 0.2) is 0 Å². The number of rotatable bonds is 7. The number of likely N-dealkylation sites (tertiary alicyclic amines) is 1. The predicted molar refractivity (Wildman–Crippen MR) is 102 cm³/mol. The number of piperidine rings is 1. The highest BCUT2D eigenvalue weighted by molar-refractivity contribution is 5.25. The van der Waals surface area contributed by atoms with Crippen LogP contribution in [0.15, 0.2) is 23.1 Å². The summed E-state index contributed by atoms with van der Waals surface area (Å²) >= 11 is 0.